The summed E-state index contributed by atoms with van der Waals surface area (Å²) in [4.78, 5) is 28.5. The first-order chi connectivity index (χ1) is 16.4. The van der Waals surface area contributed by atoms with Gasteiger partial charge in [-0.05, 0) is 32.0 Å². The number of aryl methyl sites for hydroxylation is 1. The first-order valence-corrected chi connectivity index (χ1v) is 10.8. The summed E-state index contributed by atoms with van der Waals surface area (Å²) in [5, 5.41) is 0. The van der Waals surface area contributed by atoms with Crippen LogP contribution in [0.2, 0.25) is 0 Å². The van der Waals surface area contributed by atoms with Crippen molar-refractivity contribution in [1.82, 2.24) is 28.7 Å². The second-order valence-corrected chi connectivity index (χ2v) is 8.30. The summed E-state index contributed by atoms with van der Waals surface area (Å²) in [7, 11) is 1.56. The second-order valence-electron chi connectivity index (χ2n) is 8.30. The molecule has 2 N–H and O–H groups in total. The van der Waals surface area contributed by atoms with Crippen molar-refractivity contribution in [3.05, 3.63) is 71.8 Å². The van der Waals surface area contributed by atoms with Crippen LogP contribution in [0, 0.1) is 12.7 Å². The zero-order valence-electron chi connectivity index (χ0n) is 19.1. The zero-order valence-corrected chi connectivity index (χ0v) is 19.1. The maximum Gasteiger partial charge on any atom is 0.257 e. The van der Waals surface area contributed by atoms with Crippen LogP contribution in [-0.4, -0.2) is 54.3 Å². The van der Waals surface area contributed by atoms with Gasteiger partial charge in [-0.25, -0.2) is 19.3 Å². The third-order valence-electron chi connectivity index (χ3n) is 5.94. The molecule has 0 fully saturated rings. The molecule has 1 aromatic carbocycles. The number of methoxy groups -OCH3 is 1. The number of nitrogen functional groups attached to an aromatic ring is 1. The van der Waals surface area contributed by atoms with Gasteiger partial charge in [0, 0.05) is 25.6 Å². The molecule has 4 aromatic heterocycles. The number of aromatic nitrogens is 5. The molecule has 0 radical (unpaired) electrons. The summed E-state index contributed by atoms with van der Waals surface area (Å²) < 4.78 is 24.1. The number of carbonyl (C=O) groups is 1. The number of ether oxygens (including phenoxy) is 1. The third kappa shape index (κ3) is 3.61. The predicted octanol–water partition coefficient (Wildman–Crippen LogP) is 3.24. The quantitative estimate of drug-likeness (QED) is 0.416. The van der Waals surface area contributed by atoms with Crippen molar-refractivity contribution >= 4 is 33.9 Å². The molecule has 1 atom stereocenters. The van der Waals surface area contributed by atoms with E-state index in [1.165, 1.54) is 12.1 Å². The second kappa shape index (κ2) is 8.38. The van der Waals surface area contributed by atoms with Crippen LogP contribution in [0.3, 0.4) is 0 Å². The number of imidazole rings is 2. The van der Waals surface area contributed by atoms with Crippen LogP contribution in [0.4, 0.5) is 10.2 Å². The maximum absolute atomic E-state index is 15.2. The molecule has 9 nitrogen and oxygen atoms in total. The number of rotatable bonds is 6. The Bertz CT molecular complexity index is 1510. The van der Waals surface area contributed by atoms with Gasteiger partial charge in [-0.2, -0.15) is 0 Å². The highest BCUT2D eigenvalue weighted by Gasteiger charge is 2.26. The molecule has 0 aliphatic carbocycles. The third-order valence-corrected chi connectivity index (χ3v) is 5.94. The van der Waals surface area contributed by atoms with E-state index in [4.69, 9.17) is 10.5 Å². The number of benzene rings is 1. The van der Waals surface area contributed by atoms with Crippen LogP contribution in [0.25, 0.3) is 22.2 Å². The van der Waals surface area contributed by atoms with Crippen LogP contribution in [0.5, 0.6) is 0 Å². The summed E-state index contributed by atoms with van der Waals surface area (Å²) in [5.41, 5.74) is 9.66. The Balaban J connectivity index is 1.59. The van der Waals surface area contributed by atoms with E-state index in [1.54, 1.807) is 22.7 Å². The number of hydrogen-bond donors (Lipinski definition) is 1. The Morgan fingerprint density at radius 1 is 1.29 bits per heavy atom. The van der Waals surface area contributed by atoms with Gasteiger partial charge in [-0.15, -0.1) is 0 Å². The van der Waals surface area contributed by atoms with Crippen molar-refractivity contribution < 1.29 is 13.9 Å². The minimum absolute atomic E-state index is 0.0709. The molecule has 174 valence electrons. The number of nitrogens with two attached hydrogens (primary N) is 1. The molecular weight excluding hydrogens is 437 g/mol. The molecule has 34 heavy (non-hydrogen) atoms. The molecule has 5 aromatic rings. The number of carbonyl (C=O) groups excluding carboxylic acids is 1. The van der Waals surface area contributed by atoms with E-state index in [9.17, 15) is 4.79 Å². The number of hydrogen-bond acceptors (Lipinski definition) is 6. The molecule has 4 heterocycles. The van der Waals surface area contributed by atoms with Crippen LogP contribution >= 0.6 is 0 Å². The molecule has 0 spiro atoms. The van der Waals surface area contributed by atoms with Crippen molar-refractivity contribution in [3.8, 4) is 0 Å². The van der Waals surface area contributed by atoms with E-state index in [0.29, 0.717) is 27.9 Å². The van der Waals surface area contributed by atoms with E-state index in [-0.39, 0.29) is 30.6 Å². The lowest BCUT2D eigenvalue weighted by atomic mass is 10.1. The Morgan fingerprint density at radius 2 is 2.12 bits per heavy atom. The highest BCUT2D eigenvalue weighted by atomic mass is 19.1. The molecule has 5 rings (SSSR count). The van der Waals surface area contributed by atoms with E-state index in [1.807, 2.05) is 48.8 Å². The van der Waals surface area contributed by atoms with Gasteiger partial charge < -0.3 is 19.8 Å². The molecule has 1 unspecified atom stereocenters. The van der Waals surface area contributed by atoms with Gasteiger partial charge in [0.25, 0.3) is 5.91 Å². The highest BCUT2D eigenvalue weighted by Crippen LogP contribution is 2.26. The topological polar surface area (TPSA) is 103 Å². The summed E-state index contributed by atoms with van der Waals surface area (Å²) in [5.74, 6) is -0.892. The summed E-state index contributed by atoms with van der Waals surface area (Å²) in [6.07, 6.45) is 5.34. The van der Waals surface area contributed by atoms with E-state index < -0.39 is 11.7 Å². The molecule has 1 amide bonds. The van der Waals surface area contributed by atoms with Gasteiger partial charge in [0.2, 0.25) is 0 Å². The minimum Gasteiger partial charge on any atom is -0.383 e. The maximum atomic E-state index is 15.2. The lowest BCUT2D eigenvalue weighted by Gasteiger charge is -2.28. The van der Waals surface area contributed by atoms with Crippen molar-refractivity contribution in [1.29, 1.82) is 0 Å². The summed E-state index contributed by atoms with van der Waals surface area (Å²) in [6, 6.07) is 8.10. The van der Waals surface area contributed by atoms with E-state index in [0.717, 1.165) is 5.65 Å². The Hall–Kier alpha value is -4.05. The average molecular weight is 462 g/mol. The summed E-state index contributed by atoms with van der Waals surface area (Å²) in [6.45, 7) is 4.16. The number of halogens is 1. The molecule has 0 saturated heterocycles. The number of fused-ring (bicyclic) bond motifs is 4. The molecular formula is C24H24FN7O2. The number of anilines is 1. The van der Waals surface area contributed by atoms with Crippen LogP contribution in [-0.2, 0) is 11.3 Å². The van der Waals surface area contributed by atoms with Crippen molar-refractivity contribution in [2.45, 2.75) is 26.4 Å². The van der Waals surface area contributed by atoms with Crippen molar-refractivity contribution in [3.63, 3.8) is 0 Å². The smallest absolute Gasteiger partial charge is 0.257 e. The van der Waals surface area contributed by atoms with Crippen molar-refractivity contribution in [2.24, 2.45) is 0 Å². The monoisotopic (exact) mass is 461 g/mol. The zero-order chi connectivity index (χ0) is 24.0. The number of nitrogens with zero attached hydrogens (tertiary/aromatic N) is 6. The summed E-state index contributed by atoms with van der Waals surface area (Å²) >= 11 is 0. The van der Waals surface area contributed by atoms with E-state index in [2.05, 4.69) is 15.0 Å². The molecule has 0 saturated carbocycles. The Morgan fingerprint density at radius 3 is 2.88 bits per heavy atom. The minimum atomic E-state index is -0.676. The first-order valence-electron chi connectivity index (χ1n) is 10.8. The molecule has 0 bridgehead atoms. The average Bonchev–Trinajstić information content (AvgIpc) is 3.40. The van der Waals surface area contributed by atoms with Crippen molar-refractivity contribution in [2.75, 3.05) is 19.5 Å². The SMILES string of the molecule is COCC(C)N(Cc1cn2ccccc2n1)C(=O)c1cc2c(cc1F)nc(N)c1c(C)ncn12. The fraction of sp³-hybridized carbons (Fsp3) is 0.250. The van der Waals surface area contributed by atoms with Gasteiger partial charge >= 0.3 is 0 Å². The largest absolute Gasteiger partial charge is 0.383 e. The fourth-order valence-electron chi connectivity index (χ4n) is 4.26. The van der Waals surface area contributed by atoms with Crippen LogP contribution < -0.4 is 5.73 Å². The van der Waals surface area contributed by atoms with E-state index >= 15 is 4.39 Å². The molecule has 10 heteroatoms. The normalized spacial score (nSPS) is 12.6. The molecule has 0 aliphatic rings. The van der Waals surface area contributed by atoms with Crippen LogP contribution in [0.1, 0.15) is 28.7 Å². The Labute approximate surface area is 194 Å². The number of pyridine rings is 1. The fourth-order valence-corrected chi connectivity index (χ4v) is 4.26. The predicted molar refractivity (Wildman–Crippen MR) is 126 cm³/mol. The standard InChI is InChI=1S/C24H24FN7O2/c1-14(12-34-3)31(11-16-10-30-7-5-4-6-21(30)28-16)24(33)17-8-20-19(9-18(17)25)29-23(26)22-15(2)27-13-32(20)22/h4-10,13-14H,11-12H2,1-3H3,(H2,26,29). The lowest BCUT2D eigenvalue weighted by molar-refractivity contribution is 0.0535. The van der Waals surface area contributed by atoms with Gasteiger partial charge in [-0.1, -0.05) is 6.07 Å². The van der Waals surface area contributed by atoms with Crippen LogP contribution in [0.15, 0.2) is 49.1 Å². The van der Waals surface area contributed by atoms with Gasteiger partial charge in [0.1, 0.15) is 29.1 Å². The van der Waals surface area contributed by atoms with Gasteiger partial charge in [0.05, 0.1) is 47.2 Å². The first kappa shape index (κ1) is 21.8. The van der Waals surface area contributed by atoms with Gasteiger partial charge in [0.15, 0.2) is 0 Å². The molecule has 0 aliphatic heterocycles. The Kier molecular flexibility index (Phi) is 5.37. The number of amides is 1. The lowest BCUT2D eigenvalue weighted by Crippen LogP contribution is -2.41. The van der Waals surface area contributed by atoms with Gasteiger partial charge in [-0.3, -0.25) is 9.20 Å². The highest BCUT2D eigenvalue weighted by molar-refractivity contribution is 5.98.